The van der Waals surface area contributed by atoms with E-state index in [0.717, 1.165) is 16.5 Å². The number of fused-ring (bicyclic) bond motifs is 1. The predicted molar refractivity (Wildman–Crippen MR) is 103 cm³/mol. The SMILES string of the molecule is Cn1cc(C(=O)CSc2nnc(-c3cccc(Cl)c3)o2)c2ccccc21. The Balaban J connectivity index is 1.50. The van der Waals surface area contributed by atoms with E-state index in [-0.39, 0.29) is 11.5 Å². The number of thioether (sulfide) groups is 1. The Bertz CT molecular complexity index is 1100. The number of carbonyl (C=O) groups is 1. The lowest BCUT2D eigenvalue weighted by Gasteiger charge is -1.97. The number of hydrogen-bond donors (Lipinski definition) is 0. The molecule has 0 bridgehead atoms. The van der Waals surface area contributed by atoms with Gasteiger partial charge in [0.2, 0.25) is 5.89 Å². The summed E-state index contributed by atoms with van der Waals surface area (Å²) in [5.41, 5.74) is 2.48. The van der Waals surface area contributed by atoms with Crippen LogP contribution in [0, 0.1) is 0 Å². The molecule has 0 amide bonds. The first-order valence-electron chi connectivity index (χ1n) is 7.91. The van der Waals surface area contributed by atoms with Gasteiger partial charge < -0.3 is 8.98 Å². The van der Waals surface area contributed by atoms with Gasteiger partial charge in [-0.1, -0.05) is 47.6 Å². The van der Waals surface area contributed by atoms with Crippen molar-refractivity contribution in [3.8, 4) is 11.5 Å². The van der Waals surface area contributed by atoms with Crippen LogP contribution in [0.1, 0.15) is 10.4 Å². The zero-order chi connectivity index (χ0) is 18.1. The molecular weight excluding hydrogens is 370 g/mol. The second-order valence-electron chi connectivity index (χ2n) is 5.77. The maximum Gasteiger partial charge on any atom is 0.277 e. The van der Waals surface area contributed by atoms with Gasteiger partial charge in [0.05, 0.1) is 5.75 Å². The predicted octanol–water partition coefficient (Wildman–Crippen LogP) is 4.86. The maximum absolute atomic E-state index is 12.6. The summed E-state index contributed by atoms with van der Waals surface area (Å²) in [6, 6.07) is 15.0. The van der Waals surface area contributed by atoms with Crippen LogP contribution in [0.5, 0.6) is 0 Å². The zero-order valence-corrected chi connectivity index (χ0v) is 15.4. The molecule has 2 aromatic carbocycles. The highest BCUT2D eigenvalue weighted by Gasteiger charge is 2.16. The molecule has 2 heterocycles. The quantitative estimate of drug-likeness (QED) is 0.364. The number of carbonyl (C=O) groups excluding carboxylic acids is 1. The molecule has 0 radical (unpaired) electrons. The fourth-order valence-electron chi connectivity index (χ4n) is 2.78. The van der Waals surface area contributed by atoms with E-state index in [1.165, 1.54) is 11.8 Å². The number of benzene rings is 2. The summed E-state index contributed by atoms with van der Waals surface area (Å²) in [4.78, 5) is 12.6. The van der Waals surface area contributed by atoms with Crippen molar-refractivity contribution in [2.24, 2.45) is 7.05 Å². The molecule has 130 valence electrons. The summed E-state index contributed by atoms with van der Waals surface area (Å²) >= 11 is 7.21. The molecule has 0 unspecified atom stereocenters. The molecule has 2 aromatic heterocycles. The van der Waals surface area contributed by atoms with Crippen LogP contribution in [0.15, 0.2) is 64.4 Å². The highest BCUT2D eigenvalue weighted by atomic mass is 35.5. The number of ketones is 1. The number of rotatable bonds is 5. The summed E-state index contributed by atoms with van der Waals surface area (Å²) in [5, 5.41) is 9.93. The van der Waals surface area contributed by atoms with Crippen molar-refractivity contribution in [1.82, 2.24) is 14.8 Å². The molecule has 0 saturated carbocycles. The zero-order valence-electron chi connectivity index (χ0n) is 13.8. The van der Waals surface area contributed by atoms with Crippen LogP contribution < -0.4 is 0 Å². The molecule has 0 spiro atoms. The van der Waals surface area contributed by atoms with Crippen molar-refractivity contribution in [3.05, 3.63) is 65.3 Å². The van der Waals surface area contributed by atoms with Gasteiger partial charge in [0.25, 0.3) is 5.22 Å². The smallest absolute Gasteiger partial charge is 0.277 e. The number of nitrogens with zero attached hydrogens (tertiary/aromatic N) is 3. The fourth-order valence-corrected chi connectivity index (χ4v) is 3.61. The Morgan fingerprint density at radius 1 is 1.19 bits per heavy atom. The molecule has 4 rings (SSSR count). The van der Waals surface area contributed by atoms with Crippen LogP contribution in [0.3, 0.4) is 0 Å². The van der Waals surface area contributed by atoms with E-state index in [4.69, 9.17) is 16.0 Å². The molecule has 26 heavy (non-hydrogen) atoms. The average Bonchev–Trinajstić information content (AvgIpc) is 3.25. The van der Waals surface area contributed by atoms with Crippen molar-refractivity contribution in [1.29, 1.82) is 0 Å². The van der Waals surface area contributed by atoms with E-state index in [2.05, 4.69) is 10.2 Å². The number of aryl methyl sites for hydroxylation is 1. The van der Waals surface area contributed by atoms with E-state index in [9.17, 15) is 4.79 Å². The first-order chi connectivity index (χ1) is 12.6. The Morgan fingerprint density at radius 3 is 2.88 bits per heavy atom. The Labute approximate surface area is 159 Å². The average molecular weight is 384 g/mol. The molecule has 0 aliphatic rings. The number of para-hydroxylation sites is 1. The minimum atomic E-state index is 0.0225. The second-order valence-corrected chi connectivity index (χ2v) is 7.13. The molecule has 0 aliphatic heterocycles. The summed E-state index contributed by atoms with van der Waals surface area (Å²) in [5.74, 6) is 0.632. The topological polar surface area (TPSA) is 60.9 Å². The standard InChI is InChI=1S/C19H14ClN3O2S/c1-23-10-15(14-7-2-3-8-16(14)23)17(24)11-26-19-22-21-18(25-19)12-5-4-6-13(20)9-12/h2-10H,11H2,1H3. The normalized spacial score (nSPS) is 11.2. The lowest BCUT2D eigenvalue weighted by molar-refractivity contribution is 0.102. The molecule has 0 N–H and O–H groups in total. The van der Waals surface area contributed by atoms with E-state index in [1.54, 1.807) is 12.1 Å². The van der Waals surface area contributed by atoms with Crippen LogP contribution in [-0.4, -0.2) is 26.3 Å². The van der Waals surface area contributed by atoms with E-state index < -0.39 is 0 Å². The lowest BCUT2D eigenvalue weighted by Crippen LogP contribution is -2.01. The van der Waals surface area contributed by atoms with E-state index >= 15 is 0 Å². The monoisotopic (exact) mass is 383 g/mol. The largest absolute Gasteiger partial charge is 0.411 e. The van der Waals surface area contributed by atoms with Crippen molar-refractivity contribution >= 4 is 40.0 Å². The first kappa shape index (κ1) is 16.9. The Hall–Kier alpha value is -2.57. The van der Waals surface area contributed by atoms with Gasteiger partial charge in [-0.25, -0.2) is 0 Å². The van der Waals surface area contributed by atoms with Gasteiger partial charge in [0.1, 0.15) is 0 Å². The number of Topliss-reactive ketones (excluding diaryl/α,β-unsaturated/α-hetero) is 1. The van der Waals surface area contributed by atoms with Crippen LogP contribution in [-0.2, 0) is 7.05 Å². The molecule has 5 nitrogen and oxygen atoms in total. The summed E-state index contributed by atoms with van der Waals surface area (Å²) in [6.45, 7) is 0. The van der Waals surface area contributed by atoms with Gasteiger partial charge in [0, 0.05) is 40.3 Å². The van der Waals surface area contributed by atoms with Gasteiger partial charge in [-0.15, -0.1) is 10.2 Å². The van der Waals surface area contributed by atoms with Gasteiger partial charge in [-0.3, -0.25) is 4.79 Å². The van der Waals surface area contributed by atoms with E-state index in [0.29, 0.717) is 21.7 Å². The number of halogens is 1. The number of hydrogen-bond acceptors (Lipinski definition) is 5. The van der Waals surface area contributed by atoms with Gasteiger partial charge in [-0.2, -0.15) is 0 Å². The first-order valence-corrected chi connectivity index (χ1v) is 9.27. The van der Waals surface area contributed by atoms with Gasteiger partial charge in [-0.05, 0) is 24.3 Å². The van der Waals surface area contributed by atoms with Crippen molar-refractivity contribution in [2.45, 2.75) is 5.22 Å². The highest BCUT2D eigenvalue weighted by Crippen LogP contribution is 2.27. The Kier molecular flexibility index (Phi) is 4.53. The molecule has 0 atom stereocenters. The fraction of sp³-hybridized carbons (Fsp3) is 0.105. The lowest BCUT2D eigenvalue weighted by atomic mass is 10.1. The van der Waals surface area contributed by atoms with Crippen LogP contribution in [0.25, 0.3) is 22.4 Å². The van der Waals surface area contributed by atoms with E-state index in [1.807, 2.05) is 54.2 Å². The summed E-state index contributed by atoms with van der Waals surface area (Å²) < 4.78 is 7.58. The molecule has 7 heteroatoms. The van der Waals surface area contributed by atoms with Crippen LogP contribution >= 0.6 is 23.4 Å². The van der Waals surface area contributed by atoms with Gasteiger partial charge >= 0.3 is 0 Å². The third kappa shape index (κ3) is 3.25. The third-order valence-corrected chi connectivity index (χ3v) is 5.06. The van der Waals surface area contributed by atoms with Crippen LogP contribution in [0.4, 0.5) is 0 Å². The minimum absolute atomic E-state index is 0.0225. The molecule has 4 aromatic rings. The molecular formula is C19H14ClN3O2S. The van der Waals surface area contributed by atoms with Gasteiger partial charge in [0.15, 0.2) is 5.78 Å². The molecule has 0 aliphatic carbocycles. The summed E-state index contributed by atoms with van der Waals surface area (Å²) in [6.07, 6.45) is 1.86. The maximum atomic E-state index is 12.6. The third-order valence-electron chi connectivity index (χ3n) is 4.00. The Morgan fingerprint density at radius 2 is 2.04 bits per heavy atom. The highest BCUT2D eigenvalue weighted by molar-refractivity contribution is 7.99. The molecule has 0 fully saturated rings. The van der Waals surface area contributed by atoms with Crippen molar-refractivity contribution in [2.75, 3.05) is 5.75 Å². The number of aromatic nitrogens is 3. The molecule has 0 saturated heterocycles. The van der Waals surface area contributed by atoms with Crippen molar-refractivity contribution < 1.29 is 9.21 Å². The second kappa shape index (κ2) is 6.97. The summed E-state index contributed by atoms with van der Waals surface area (Å²) in [7, 11) is 1.93. The minimum Gasteiger partial charge on any atom is -0.411 e. The van der Waals surface area contributed by atoms with Crippen molar-refractivity contribution in [3.63, 3.8) is 0 Å². The van der Waals surface area contributed by atoms with Crippen LogP contribution in [0.2, 0.25) is 5.02 Å².